The molecule has 27 heavy (non-hydrogen) atoms. The van der Waals surface area contributed by atoms with Gasteiger partial charge in [-0.1, -0.05) is 51.1 Å². The maximum Gasteiger partial charge on any atom is 0.139 e. The molecule has 0 unspecified atom stereocenters. The minimum Gasteiger partial charge on any atom is -0.456 e. The number of hydrogen-bond donors (Lipinski definition) is 0. The van der Waals surface area contributed by atoms with Crippen LogP contribution in [-0.4, -0.2) is 0 Å². The number of rotatable bonds is 1. The average Bonchev–Trinajstić information content (AvgIpc) is 2.97. The predicted molar refractivity (Wildman–Crippen MR) is 112 cm³/mol. The molecule has 4 aliphatic carbocycles. The summed E-state index contributed by atoms with van der Waals surface area (Å²) in [6, 6.07) is 13.8. The van der Waals surface area contributed by atoms with Crippen molar-refractivity contribution in [3.63, 3.8) is 0 Å². The first kappa shape index (κ1) is 16.2. The van der Waals surface area contributed by atoms with Gasteiger partial charge in [0, 0.05) is 16.3 Å². The van der Waals surface area contributed by atoms with Gasteiger partial charge in [0.05, 0.1) is 0 Å². The van der Waals surface area contributed by atoms with Crippen LogP contribution in [0.4, 0.5) is 0 Å². The Hall–Kier alpha value is -1.76. The molecule has 0 amide bonds. The van der Waals surface area contributed by atoms with Gasteiger partial charge in [0.15, 0.2) is 0 Å². The molecular formula is C26H30O. The van der Waals surface area contributed by atoms with Crippen LogP contribution in [0.15, 0.2) is 40.8 Å². The van der Waals surface area contributed by atoms with Gasteiger partial charge in [-0.15, -0.1) is 0 Å². The zero-order valence-electron chi connectivity index (χ0n) is 16.8. The normalized spacial score (nSPS) is 32.6. The van der Waals surface area contributed by atoms with E-state index in [0.717, 1.165) is 23.3 Å². The van der Waals surface area contributed by atoms with Crippen LogP contribution in [0, 0.1) is 17.8 Å². The van der Waals surface area contributed by atoms with E-state index < -0.39 is 0 Å². The molecule has 1 heteroatoms. The maximum absolute atomic E-state index is 6.61. The Kier molecular flexibility index (Phi) is 3.12. The van der Waals surface area contributed by atoms with Crippen molar-refractivity contribution < 1.29 is 4.42 Å². The van der Waals surface area contributed by atoms with Crippen LogP contribution in [0.25, 0.3) is 21.9 Å². The van der Waals surface area contributed by atoms with E-state index in [1.165, 1.54) is 66.0 Å². The Balaban J connectivity index is 1.56. The topological polar surface area (TPSA) is 13.1 Å². The highest BCUT2D eigenvalue weighted by atomic mass is 16.3. The number of benzene rings is 2. The van der Waals surface area contributed by atoms with E-state index in [2.05, 4.69) is 57.2 Å². The van der Waals surface area contributed by atoms with Gasteiger partial charge >= 0.3 is 0 Å². The van der Waals surface area contributed by atoms with Crippen LogP contribution in [-0.2, 0) is 10.8 Å². The molecule has 2 aromatic carbocycles. The Labute approximate surface area is 162 Å². The molecule has 0 atom stereocenters. The quantitative estimate of drug-likeness (QED) is 0.443. The summed E-state index contributed by atoms with van der Waals surface area (Å²) in [7, 11) is 0. The zero-order chi connectivity index (χ0) is 18.4. The van der Waals surface area contributed by atoms with Gasteiger partial charge in [0.2, 0.25) is 0 Å². The molecule has 4 fully saturated rings. The highest BCUT2D eigenvalue weighted by molar-refractivity contribution is 6.06. The van der Waals surface area contributed by atoms with Crippen LogP contribution in [0.1, 0.15) is 70.4 Å². The minimum atomic E-state index is 0.149. The lowest BCUT2D eigenvalue weighted by Gasteiger charge is -2.57. The number of fused-ring (bicyclic) bond motifs is 3. The second kappa shape index (κ2) is 5.19. The first-order valence-electron chi connectivity index (χ1n) is 10.9. The molecule has 4 saturated carbocycles. The Morgan fingerprint density at radius 2 is 1.52 bits per heavy atom. The van der Waals surface area contributed by atoms with Crippen molar-refractivity contribution in [1.82, 2.24) is 0 Å². The van der Waals surface area contributed by atoms with Gasteiger partial charge in [-0.3, -0.25) is 0 Å². The molecule has 1 nitrogen and oxygen atoms in total. The fraction of sp³-hybridized carbons (Fsp3) is 0.538. The summed E-state index contributed by atoms with van der Waals surface area (Å²) in [6.07, 6.45) is 8.64. The molecule has 0 spiro atoms. The maximum atomic E-state index is 6.61. The second-order valence-electron chi connectivity index (χ2n) is 10.9. The zero-order valence-corrected chi connectivity index (χ0v) is 16.8. The summed E-state index contributed by atoms with van der Waals surface area (Å²) in [5.74, 6) is 2.88. The summed E-state index contributed by atoms with van der Waals surface area (Å²) >= 11 is 0. The van der Waals surface area contributed by atoms with Crippen molar-refractivity contribution in [2.45, 2.75) is 70.1 Å². The molecule has 4 aliphatic rings. The highest BCUT2D eigenvalue weighted by Gasteiger charge is 2.52. The van der Waals surface area contributed by atoms with Gasteiger partial charge in [-0.25, -0.2) is 0 Å². The smallest absolute Gasteiger partial charge is 0.139 e. The van der Waals surface area contributed by atoms with E-state index in [1.54, 1.807) is 0 Å². The third-order valence-electron chi connectivity index (χ3n) is 7.97. The third-order valence-corrected chi connectivity index (χ3v) is 7.97. The van der Waals surface area contributed by atoms with E-state index in [9.17, 15) is 0 Å². The van der Waals surface area contributed by atoms with Gasteiger partial charge < -0.3 is 4.42 Å². The van der Waals surface area contributed by atoms with E-state index in [-0.39, 0.29) is 5.41 Å². The van der Waals surface area contributed by atoms with Gasteiger partial charge in [0.1, 0.15) is 11.2 Å². The van der Waals surface area contributed by atoms with Crippen molar-refractivity contribution in [2.24, 2.45) is 17.8 Å². The fourth-order valence-corrected chi connectivity index (χ4v) is 7.12. The minimum absolute atomic E-state index is 0.149. The fourth-order valence-electron chi connectivity index (χ4n) is 7.12. The van der Waals surface area contributed by atoms with Gasteiger partial charge in [0.25, 0.3) is 0 Å². The van der Waals surface area contributed by atoms with Crippen LogP contribution < -0.4 is 0 Å². The lowest BCUT2D eigenvalue weighted by atomic mass is 9.48. The molecule has 7 rings (SSSR count). The average molecular weight is 359 g/mol. The molecule has 0 N–H and O–H groups in total. The number of furan rings is 1. The molecule has 0 aliphatic heterocycles. The van der Waals surface area contributed by atoms with E-state index in [1.807, 2.05) is 0 Å². The molecule has 1 aromatic heterocycles. The molecule has 4 bridgehead atoms. The molecular weight excluding hydrogens is 328 g/mol. The molecule has 0 radical (unpaired) electrons. The Morgan fingerprint density at radius 3 is 2.15 bits per heavy atom. The number of hydrogen-bond acceptors (Lipinski definition) is 1. The highest BCUT2D eigenvalue weighted by Crippen LogP contribution is 2.61. The summed E-state index contributed by atoms with van der Waals surface area (Å²) in [5.41, 5.74) is 5.65. The molecule has 0 saturated heterocycles. The molecule has 1 heterocycles. The van der Waals surface area contributed by atoms with Crippen molar-refractivity contribution in [2.75, 3.05) is 0 Å². The third kappa shape index (κ3) is 2.30. The number of para-hydroxylation sites is 1. The Bertz CT molecular complexity index is 1010. The van der Waals surface area contributed by atoms with E-state index in [0.29, 0.717) is 5.41 Å². The monoisotopic (exact) mass is 358 g/mol. The van der Waals surface area contributed by atoms with Crippen molar-refractivity contribution in [3.8, 4) is 0 Å². The first-order chi connectivity index (χ1) is 12.9. The van der Waals surface area contributed by atoms with Crippen LogP contribution in [0.3, 0.4) is 0 Å². The van der Waals surface area contributed by atoms with Crippen LogP contribution in [0.2, 0.25) is 0 Å². The first-order valence-corrected chi connectivity index (χ1v) is 10.9. The molecule has 140 valence electrons. The summed E-state index contributed by atoms with van der Waals surface area (Å²) in [5, 5.41) is 2.60. The lowest BCUT2D eigenvalue weighted by molar-refractivity contribution is -0.00485. The lowest BCUT2D eigenvalue weighted by Crippen LogP contribution is -2.48. The van der Waals surface area contributed by atoms with E-state index in [4.69, 9.17) is 4.42 Å². The van der Waals surface area contributed by atoms with Crippen molar-refractivity contribution >= 4 is 21.9 Å². The Morgan fingerprint density at radius 1 is 0.852 bits per heavy atom. The van der Waals surface area contributed by atoms with Crippen LogP contribution in [0.5, 0.6) is 0 Å². The predicted octanol–water partition coefficient (Wildman–Crippen LogP) is 7.35. The van der Waals surface area contributed by atoms with E-state index >= 15 is 0 Å². The van der Waals surface area contributed by atoms with Gasteiger partial charge in [-0.2, -0.15) is 0 Å². The largest absolute Gasteiger partial charge is 0.456 e. The summed E-state index contributed by atoms with van der Waals surface area (Å²) in [6.45, 7) is 6.83. The van der Waals surface area contributed by atoms with Gasteiger partial charge in [-0.05, 0) is 78.7 Å². The summed E-state index contributed by atoms with van der Waals surface area (Å²) in [4.78, 5) is 0. The standard InChI is InChI=1S/C26H30O/c1-25(2,3)19-7-8-20-21-5-4-6-22(24(21)27-23(20)12-19)26-13-16-9-17(14-26)11-18(10-16)15-26/h4-8,12,16-18H,9-11,13-15H2,1-3H3/t16-,17+,18-,26?. The second-order valence-corrected chi connectivity index (χ2v) is 10.9. The van der Waals surface area contributed by atoms with Crippen molar-refractivity contribution in [1.29, 1.82) is 0 Å². The SMILES string of the molecule is CC(C)(C)c1ccc2c(c1)oc1c(C34C[C@H]5C[C@@H](C3)C[C@@H](C4)C5)cccc12. The summed E-state index contributed by atoms with van der Waals surface area (Å²) < 4.78 is 6.61. The van der Waals surface area contributed by atoms with Crippen LogP contribution >= 0.6 is 0 Å². The van der Waals surface area contributed by atoms with Crippen molar-refractivity contribution in [3.05, 3.63) is 47.5 Å². The molecule has 3 aromatic rings.